The Morgan fingerprint density at radius 1 is 1.32 bits per heavy atom. The smallest absolute Gasteiger partial charge is 0.242 e. The predicted octanol–water partition coefficient (Wildman–Crippen LogP) is 2.12. The molecule has 1 rings (SSSR count). The van der Waals surface area contributed by atoms with Crippen LogP contribution in [0.25, 0.3) is 0 Å². The lowest BCUT2D eigenvalue weighted by Gasteiger charge is -2.27. The fraction of sp³-hybridized carbons (Fsp3) is 0.538. The van der Waals surface area contributed by atoms with Gasteiger partial charge in [-0.25, -0.2) is 12.7 Å². The minimum atomic E-state index is -3.44. The third-order valence-electron chi connectivity index (χ3n) is 3.16. The standard InChI is InChI=1S/C13H23N3O2S/c1-6-13(2,3)15-12-8-7-10(9-11(12)14)19(17,18)16(4)5/h7-9,15H,6,14H2,1-5H3. The fourth-order valence-corrected chi connectivity index (χ4v) is 2.42. The van der Waals surface area contributed by atoms with E-state index in [2.05, 4.69) is 26.1 Å². The largest absolute Gasteiger partial charge is 0.397 e. The summed E-state index contributed by atoms with van der Waals surface area (Å²) in [6.07, 6.45) is 0.935. The van der Waals surface area contributed by atoms with Crippen LogP contribution in [0.4, 0.5) is 11.4 Å². The molecule has 0 aliphatic rings. The average Bonchev–Trinajstić information content (AvgIpc) is 2.31. The van der Waals surface area contributed by atoms with E-state index in [0.29, 0.717) is 5.69 Å². The first kappa shape index (κ1) is 15.8. The summed E-state index contributed by atoms with van der Waals surface area (Å²) >= 11 is 0. The van der Waals surface area contributed by atoms with Gasteiger partial charge in [-0.2, -0.15) is 0 Å². The van der Waals surface area contributed by atoms with Crippen LogP contribution >= 0.6 is 0 Å². The number of benzene rings is 1. The number of nitrogens with zero attached hydrogens (tertiary/aromatic N) is 1. The number of nitrogens with two attached hydrogens (primary N) is 1. The molecule has 3 N–H and O–H groups in total. The van der Waals surface area contributed by atoms with Crippen molar-refractivity contribution < 1.29 is 8.42 Å². The minimum absolute atomic E-state index is 0.0872. The predicted molar refractivity (Wildman–Crippen MR) is 79.7 cm³/mol. The SMILES string of the molecule is CCC(C)(C)Nc1ccc(S(=O)(=O)N(C)C)cc1N. The van der Waals surface area contributed by atoms with Crippen LogP contribution in [0, 0.1) is 0 Å². The van der Waals surface area contributed by atoms with E-state index < -0.39 is 10.0 Å². The molecule has 0 fully saturated rings. The monoisotopic (exact) mass is 285 g/mol. The number of anilines is 2. The highest BCUT2D eigenvalue weighted by Gasteiger charge is 2.20. The number of hydrogen-bond acceptors (Lipinski definition) is 4. The van der Waals surface area contributed by atoms with Crippen LogP contribution in [-0.2, 0) is 10.0 Å². The lowest BCUT2D eigenvalue weighted by molar-refractivity contribution is 0.521. The second-order valence-corrected chi connectivity index (χ2v) is 7.55. The van der Waals surface area contributed by atoms with E-state index in [0.717, 1.165) is 12.1 Å². The lowest BCUT2D eigenvalue weighted by atomic mass is 10.0. The van der Waals surface area contributed by atoms with Crippen molar-refractivity contribution in [2.45, 2.75) is 37.6 Å². The molecule has 0 spiro atoms. The van der Waals surface area contributed by atoms with E-state index in [1.54, 1.807) is 12.1 Å². The first-order valence-corrected chi connectivity index (χ1v) is 7.64. The van der Waals surface area contributed by atoms with Crippen LogP contribution in [0.3, 0.4) is 0 Å². The molecule has 0 saturated heterocycles. The van der Waals surface area contributed by atoms with Gasteiger partial charge in [0.25, 0.3) is 0 Å². The van der Waals surface area contributed by atoms with E-state index in [4.69, 9.17) is 5.73 Å². The molecule has 0 aliphatic carbocycles. The van der Waals surface area contributed by atoms with E-state index >= 15 is 0 Å². The molecular formula is C13H23N3O2S. The van der Waals surface area contributed by atoms with Crippen LogP contribution in [-0.4, -0.2) is 32.4 Å². The van der Waals surface area contributed by atoms with Crippen molar-refractivity contribution in [2.24, 2.45) is 0 Å². The van der Waals surface area contributed by atoms with Gasteiger partial charge < -0.3 is 11.1 Å². The molecule has 0 saturated carbocycles. The highest BCUT2D eigenvalue weighted by molar-refractivity contribution is 7.89. The molecule has 0 unspecified atom stereocenters. The van der Waals surface area contributed by atoms with Crippen molar-refractivity contribution >= 4 is 21.4 Å². The summed E-state index contributed by atoms with van der Waals surface area (Å²) in [5.41, 5.74) is 7.04. The van der Waals surface area contributed by atoms with Gasteiger partial charge in [-0.15, -0.1) is 0 Å². The van der Waals surface area contributed by atoms with Crippen molar-refractivity contribution in [2.75, 3.05) is 25.1 Å². The lowest BCUT2D eigenvalue weighted by Crippen LogP contribution is -2.30. The van der Waals surface area contributed by atoms with Gasteiger partial charge in [-0.3, -0.25) is 0 Å². The van der Waals surface area contributed by atoms with Gasteiger partial charge in [0.05, 0.1) is 16.3 Å². The molecule has 0 aromatic heterocycles. The molecular weight excluding hydrogens is 262 g/mol. The molecule has 108 valence electrons. The summed E-state index contributed by atoms with van der Waals surface area (Å²) in [5, 5.41) is 3.31. The van der Waals surface area contributed by atoms with E-state index in [9.17, 15) is 8.42 Å². The molecule has 0 amide bonds. The second kappa shape index (κ2) is 5.38. The molecule has 0 heterocycles. The van der Waals surface area contributed by atoms with Crippen molar-refractivity contribution in [3.63, 3.8) is 0 Å². The van der Waals surface area contributed by atoms with Crippen molar-refractivity contribution in [1.29, 1.82) is 0 Å². The first-order valence-electron chi connectivity index (χ1n) is 6.20. The zero-order valence-corrected chi connectivity index (χ0v) is 13.0. The van der Waals surface area contributed by atoms with Gasteiger partial charge in [0.15, 0.2) is 0 Å². The average molecular weight is 285 g/mol. The molecule has 5 nitrogen and oxygen atoms in total. The Labute approximate surface area is 115 Å². The van der Waals surface area contributed by atoms with Gasteiger partial charge in [0.2, 0.25) is 10.0 Å². The van der Waals surface area contributed by atoms with Crippen molar-refractivity contribution in [1.82, 2.24) is 4.31 Å². The number of rotatable bonds is 5. The third kappa shape index (κ3) is 3.61. The van der Waals surface area contributed by atoms with Crippen LogP contribution in [0.5, 0.6) is 0 Å². The van der Waals surface area contributed by atoms with Gasteiger partial charge >= 0.3 is 0 Å². The quantitative estimate of drug-likeness (QED) is 0.813. The Morgan fingerprint density at radius 2 is 1.89 bits per heavy atom. The molecule has 1 aromatic rings. The number of hydrogen-bond donors (Lipinski definition) is 2. The first-order chi connectivity index (χ1) is 8.60. The zero-order chi connectivity index (χ0) is 14.8. The Balaban J connectivity index is 3.12. The van der Waals surface area contributed by atoms with Crippen molar-refractivity contribution in [3.8, 4) is 0 Å². The molecule has 0 radical (unpaired) electrons. The van der Waals surface area contributed by atoms with Crippen LogP contribution in [0.2, 0.25) is 0 Å². The maximum absolute atomic E-state index is 12.0. The maximum atomic E-state index is 12.0. The highest BCUT2D eigenvalue weighted by atomic mass is 32.2. The van der Waals surface area contributed by atoms with Gasteiger partial charge in [0, 0.05) is 19.6 Å². The Bertz CT molecular complexity index is 551. The molecule has 1 aromatic carbocycles. The zero-order valence-electron chi connectivity index (χ0n) is 12.2. The summed E-state index contributed by atoms with van der Waals surface area (Å²) in [4.78, 5) is 0.204. The van der Waals surface area contributed by atoms with Crippen LogP contribution in [0.1, 0.15) is 27.2 Å². The Kier molecular flexibility index (Phi) is 4.47. The van der Waals surface area contributed by atoms with E-state index in [-0.39, 0.29) is 10.4 Å². The van der Waals surface area contributed by atoms with E-state index in [1.165, 1.54) is 24.5 Å². The van der Waals surface area contributed by atoms with Crippen LogP contribution < -0.4 is 11.1 Å². The normalized spacial score (nSPS) is 12.7. The fourth-order valence-electron chi connectivity index (χ4n) is 1.48. The summed E-state index contributed by atoms with van der Waals surface area (Å²) in [6, 6.07) is 4.77. The summed E-state index contributed by atoms with van der Waals surface area (Å²) < 4.78 is 25.1. The topological polar surface area (TPSA) is 75.4 Å². The molecule has 0 atom stereocenters. The minimum Gasteiger partial charge on any atom is -0.397 e. The number of nitrogens with one attached hydrogen (secondary N) is 1. The van der Waals surface area contributed by atoms with Crippen molar-refractivity contribution in [3.05, 3.63) is 18.2 Å². The third-order valence-corrected chi connectivity index (χ3v) is 4.97. The molecule has 0 bridgehead atoms. The number of nitrogen functional groups attached to an aromatic ring is 1. The van der Waals surface area contributed by atoms with Gasteiger partial charge in [0.1, 0.15) is 0 Å². The maximum Gasteiger partial charge on any atom is 0.242 e. The highest BCUT2D eigenvalue weighted by Crippen LogP contribution is 2.27. The second-order valence-electron chi connectivity index (χ2n) is 5.40. The van der Waals surface area contributed by atoms with Gasteiger partial charge in [-0.05, 0) is 38.5 Å². The number of sulfonamides is 1. The summed E-state index contributed by atoms with van der Waals surface area (Å²) in [5.74, 6) is 0. The van der Waals surface area contributed by atoms with E-state index in [1.807, 2.05) is 0 Å². The summed E-state index contributed by atoms with van der Waals surface area (Å²) in [7, 11) is -0.444. The molecule has 6 heteroatoms. The van der Waals surface area contributed by atoms with Gasteiger partial charge in [-0.1, -0.05) is 6.92 Å². The molecule has 0 aliphatic heterocycles. The Hall–Kier alpha value is -1.27. The molecule has 19 heavy (non-hydrogen) atoms. The van der Waals surface area contributed by atoms with Crippen LogP contribution in [0.15, 0.2) is 23.1 Å². The Morgan fingerprint density at radius 3 is 2.32 bits per heavy atom. The summed E-state index contributed by atoms with van der Waals surface area (Å²) in [6.45, 7) is 6.21.